The van der Waals surface area contributed by atoms with Gasteiger partial charge in [-0.1, -0.05) is 34.1 Å². The van der Waals surface area contributed by atoms with Gasteiger partial charge in [-0.05, 0) is 37.8 Å². The third-order valence-corrected chi connectivity index (χ3v) is 3.06. The van der Waals surface area contributed by atoms with E-state index in [1.54, 1.807) is 4.88 Å². The molecule has 0 unspecified atom stereocenters. The minimum absolute atomic E-state index is 0.853. The molecule has 1 heteroatoms. The van der Waals surface area contributed by atoms with E-state index < -0.39 is 0 Å². The van der Waals surface area contributed by atoms with Crippen LogP contribution < -0.4 is 0 Å². The van der Waals surface area contributed by atoms with Crippen LogP contribution in [0.1, 0.15) is 50.3 Å². The summed E-state index contributed by atoms with van der Waals surface area (Å²) in [6.45, 7) is 10.8. The maximum absolute atomic E-state index is 2.29. The molecule has 0 fully saturated rings. The molecule has 0 aromatic carbocycles. The zero-order chi connectivity index (χ0) is 11.0. The number of rotatable bonds is 4. The molecule has 0 spiro atoms. The first kappa shape index (κ1) is 13.7. The van der Waals surface area contributed by atoms with Crippen molar-refractivity contribution in [2.75, 3.05) is 0 Å². The summed E-state index contributed by atoms with van der Waals surface area (Å²) in [4.78, 5) is 2.99. The van der Waals surface area contributed by atoms with E-state index in [1.165, 1.54) is 24.1 Å². The number of hydrogen-bond acceptors (Lipinski definition) is 1. The normalized spacial score (nSPS) is 9.86. The molecule has 0 aliphatic carbocycles. The van der Waals surface area contributed by atoms with Gasteiger partial charge in [0.2, 0.25) is 0 Å². The average molecular weight is 212 g/mol. The monoisotopic (exact) mass is 212 g/mol. The Morgan fingerprint density at radius 3 is 2.29 bits per heavy atom. The van der Waals surface area contributed by atoms with Crippen molar-refractivity contribution in [2.24, 2.45) is 5.92 Å². The zero-order valence-electron chi connectivity index (χ0n) is 10.3. The van der Waals surface area contributed by atoms with Crippen LogP contribution >= 0.6 is 11.3 Å². The van der Waals surface area contributed by atoms with Crippen LogP contribution in [0.5, 0.6) is 0 Å². The fraction of sp³-hybridized carbons (Fsp3) is 0.692. The summed E-state index contributed by atoms with van der Waals surface area (Å²) in [6.07, 6.45) is 3.98. The molecular weight excluding hydrogens is 188 g/mol. The quantitative estimate of drug-likeness (QED) is 0.654. The highest BCUT2D eigenvalue weighted by atomic mass is 32.1. The first-order chi connectivity index (χ1) is 6.68. The lowest BCUT2D eigenvalue weighted by atomic mass is 10.1. The van der Waals surface area contributed by atoms with Gasteiger partial charge in [0.25, 0.3) is 0 Å². The van der Waals surface area contributed by atoms with Gasteiger partial charge >= 0.3 is 0 Å². The van der Waals surface area contributed by atoms with Crippen LogP contribution in [0.2, 0.25) is 0 Å². The lowest BCUT2D eigenvalue weighted by molar-refractivity contribution is 0.557. The molecule has 0 aliphatic heterocycles. The summed E-state index contributed by atoms with van der Waals surface area (Å²) in [5.74, 6) is 0.853. The smallest absolute Gasteiger partial charge is 0.00480 e. The average Bonchev–Trinajstić information content (AvgIpc) is 2.54. The molecule has 0 saturated carbocycles. The summed E-state index contributed by atoms with van der Waals surface area (Å²) >= 11 is 1.94. The summed E-state index contributed by atoms with van der Waals surface area (Å²) < 4.78 is 0. The van der Waals surface area contributed by atoms with Gasteiger partial charge in [-0.25, -0.2) is 0 Å². The van der Waals surface area contributed by atoms with Gasteiger partial charge in [0.05, 0.1) is 0 Å². The van der Waals surface area contributed by atoms with Gasteiger partial charge in [0.15, 0.2) is 0 Å². The van der Waals surface area contributed by atoms with E-state index in [9.17, 15) is 0 Å². The van der Waals surface area contributed by atoms with Crippen molar-refractivity contribution in [3.05, 3.63) is 21.9 Å². The van der Waals surface area contributed by atoms with Gasteiger partial charge in [-0.2, -0.15) is 0 Å². The third-order valence-electron chi connectivity index (χ3n) is 2.00. The lowest BCUT2D eigenvalue weighted by Crippen LogP contribution is -1.88. The fourth-order valence-corrected chi connectivity index (χ4v) is 2.24. The van der Waals surface area contributed by atoms with E-state index in [2.05, 4.69) is 32.9 Å². The molecule has 0 amide bonds. The van der Waals surface area contributed by atoms with Crippen molar-refractivity contribution >= 4 is 11.3 Å². The first-order valence-electron chi connectivity index (χ1n) is 5.74. The SMILES string of the molecule is CC.Cc1ccc(CCCC(C)C)s1. The molecule has 82 valence electrons. The Labute approximate surface area is 93.4 Å². The van der Waals surface area contributed by atoms with Gasteiger partial charge in [0, 0.05) is 9.75 Å². The largest absolute Gasteiger partial charge is 0.146 e. The minimum atomic E-state index is 0.853. The van der Waals surface area contributed by atoms with Crippen molar-refractivity contribution in [3.63, 3.8) is 0 Å². The van der Waals surface area contributed by atoms with E-state index in [0.29, 0.717) is 0 Å². The van der Waals surface area contributed by atoms with Gasteiger partial charge in [-0.3, -0.25) is 0 Å². The molecule has 0 atom stereocenters. The predicted octanol–water partition coefficient (Wildman–Crippen LogP) is 5.06. The molecule has 1 heterocycles. The number of hydrogen-bond donors (Lipinski definition) is 0. The summed E-state index contributed by atoms with van der Waals surface area (Å²) in [5, 5.41) is 0. The molecule has 0 saturated heterocycles. The molecule has 0 bridgehead atoms. The fourth-order valence-electron chi connectivity index (χ4n) is 1.30. The van der Waals surface area contributed by atoms with Crippen molar-refractivity contribution < 1.29 is 0 Å². The number of thiophene rings is 1. The maximum Gasteiger partial charge on any atom is 0.00480 e. The number of aryl methyl sites for hydroxylation is 2. The van der Waals surface area contributed by atoms with Crippen LogP contribution in [0.3, 0.4) is 0 Å². The van der Waals surface area contributed by atoms with E-state index in [4.69, 9.17) is 0 Å². The Morgan fingerprint density at radius 2 is 1.86 bits per heavy atom. The Kier molecular flexibility index (Phi) is 7.87. The van der Waals surface area contributed by atoms with Crippen LogP contribution in [-0.4, -0.2) is 0 Å². The second-order valence-corrected chi connectivity index (χ2v) is 5.17. The van der Waals surface area contributed by atoms with Crippen molar-refractivity contribution in [1.29, 1.82) is 0 Å². The van der Waals surface area contributed by atoms with Gasteiger partial charge < -0.3 is 0 Å². The molecule has 1 aromatic heterocycles. The molecule has 0 aliphatic rings. The molecule has 0 radical (unpaired) electrons. The Morgan fingerprint density at radius 1 is 1.21 bits per heavy atom. The van der Waals surface area contributed by atoms with Crippen LogP contribution in [-0.2, 0) is 6.42 Å². The lowest BCUT2D eigenvalue weighted by Gasteiger charge is -2.01. The topological polar surface area (TPSA) is 0 Å². The van der Waals surface area contributed by atoms with E-state index in [1.807, 2.05) is 25.2 Å². The summed E-state index contributed by atoms with van der Waals surface area (Å²) in [5.41, 5.74) is 0. The molecule has 0 nitrogen and oxygen atoms in total. The zero-order valence-corrected chi connectivity index (χ0v) is 11.1. The van der Waals surface area contributed by atoms with E-state index in [0.717, 1.165) is 5.92 Å². The van der Waals surface area contributed by atoms with Crippen LogP contribution in [0.4, 0.5) is 0 Å². The Hall–Kier alpha value is -0.300. The predicted molar refractivity (Wildman–Crippen MR) is 68.2 cm³/mol. The molecule has 14 heavy (non-hydrogen) atoms. The van der Waals surface area contributed by atoms with Crippen molar-refractivity contribution in [1.82, 2.24) is 0 Å². The van der Waals surface area contributed by atoms with Crippen LogP contribution in [0, 0.1) is 12.8 Å². The van der Waals surface area contributed by atoms with E-state index in [-0.39, 0.29) is 0 Å². The van der Waals surface area contributed by atoms with Crippen molar-refractivity contribution in [2.45, 2.75) is 53.9 Å². The highest BCUT2D eigenvalue weighted by Crippen LogP contribution is 2.18. The summed E-state index contributed by atoms with van der Waals surface area (Å²) in [6, 6.07) is 4.48. The Balaban J connectivity index is 0.000000791. The van der Waals surface area contributed by atoms with Crippen LogP contribution in [0.25, 0.3) is 0 Å². The Bertz CT molecular complexity index is 223. The molecule has 0 N–H and O–H groups in total. The summed E-state index contributed by atoms with van der Waals surface area (Å²) in [7, 11) is 0. The first-order valence-corrected chi connectivity index (χ1v) is 6.55. The van der Waals surface area contributed by atoms with E-state index >= 15 is 0 Å². The molecule has 1 aromatic rings. The standard InChI is InChI=1S/C11H18S.C2H6/c1-9(2)5-4-6-11-8-7-10(3)12-11;1-2/h7-9H,4-6H2,1-3H3;1-2H3. The van der Waals surface area contributed by atoms with Gasteiger partial charge in [-0.15, -0.1) is 11.3 Å². The van der Waals surface area contributed by atoms with Gasteiger partial charge in [0.1, 0.15) is 0 Å². The maximum atomic E-state index is 2.29. The molecular formula is C13H24S. The van der Waals surface area contributed by atoms with Crippen molar-refractivity contribution in [3.8, 4) is 0 Å². The minimum Gasteiger partial charge on any atom is -0.146 e. The highest BCUT2D eigenvalue weighted by molar-refractivity contribution is 7.11. The molecule has 1 rings (SSSR count). The second-order valence-electron chi connectivity index (χ2n) is 3.80. The van der Waals surface area contributed by atoms with Crippen LogP contribution in [0.15, 0.2) is 12.1 Å². The third kappa shape index (κ3) is 6.20. The second kappa shape index (κ2) is 8.05. The highest BCUT2D eigenvalue weighted by Gasteiger charge is 1.98.